The monoisotopic (exact) mass is 158 g/mol. The average molecular weight is 159 g/mol. The van der Waals surface area contributed by atoms with E-state index >= 15 is 0 Å². The van der Waals surface area contributed by atoms with Gasteiger partial charge in [0.05, 0.1) is 6.26 Å². The molecule has 0 aromatic heterocycles. The summed E-state index contributed by atoms with van der Waals surface area (Å²) >= 11 is 5.31. The maximum absolute atomic E-state index is 10.3. The van der Waals surface area contributed by atoms with Crippen LogP contribution in [0.1, 0.15) is 0 Å². The van der Waals surface area contributed by atoms with Crippen molar-refractivity contribution in [2.45, 2.75) is 0 Å². The molecule has 0 aliphatic carbocycles. The van der Waals surface area contributed by atoms with Gasteiger partial charge in [0.2, 0.25) is 0 Å². The van der Waals surface area contributed by atoms with Crippen molar-refractivity contribution in [3.8, 4) is 0 Å². The second-order valence-corrected chi connectivity index (χ2v) is 1.88. The van der Waals surface area contributed by atoms with E-state index in [0.717, 1.165) is 12.3 Å². The Morgan fingerprint density at radius 2 is 2.20 bits per heavy atom. The number of esters is 1. The van der Waals surface area contributed by atoms with Gasteiger partial charge in [-0.2, -0.15) is 0 Å². The standard InChI is InChI=1S/C7H7ClO2/c1-3-7(9)10-5-4-6(2)8/h3-5H,1-2H2. The number of hydrogen-bond acceptors (Lipinski definition) is 2. The number of rotatable bonds is 3. The minimum atomic E-state index is -0.519. The van der Waals surface area contributed by atoms with Gasteiger partial charge in [0.25, 0.3) is 0 Å². The molecule has 0 amide bonds. The van der Waals surface area contributed by atoms with Crippen LogP contribution in [0.25, 0.3) is 0 Å². The molecular weight excluding hydrogens is 152 g/mol. The van der Waals surface area contributed by atoms with Gasteiger partial charge in [0.15, 0.2) is 0 Å². The summed E-state index contributed by atoms with van der Waals surface area (Å²) in [6, 6.07) is 0. The first-order valence-corrected chi connectivity index (χ1v) is 2.88. The van der Waals surface area contributed by atoms with E-state index < -0.39 is 5.97 Å². The predicted molar refractivity (Wildman–Crippen MR) is 40.4 cm³/mol. The second kappa shape index (κ2) is 4.82. The van der Waals surface area contributed by atoms with Gasteiger partial charge in [-0.25, -0.2) is 4.79 Å². The smallest absolute Gasteiger partial charge is 0.334 e. The summed E-state index contributed by atoms with van der Waals surface area (Å²) in [4.78, 5) is 10.3. The van der Waals surface area contributed by atoms with Gasteiger partial charge in [0.1, 0.15) is 0 Å². The molecule has 0 N–H and O–H groups in total. The van der Waals surface area contributed by atoms with E-state index in [1.54, 1.807) is 0 Å². The molecule has 0 rings (SSSR count). The highest BCUT2D eigenvalue weighted by atomic mass is 35.5. The molecule has 0 aromatic carbocycles. The molecule has 10 heavy (non-hydrogen) atoms. The minimum Gasteiger partial charge on any atom is -0.431 e. The zero-order valence-electron chi connectivity index (χ0n) is 5.34. The van der Waals surface area contributed by atoms with Gasteiger partial charge in [-0.15, -0.1) is 0 Å². The van der Waals surface area contributed by atoms with E-state index in [1.807, 2.05) is 0 Å². The lowest BCUT2D eigenvalue weighted by Gasteiger charge is -1.88. The van der Waals surface area contributed by atoms with Crippen molar-refractivity contribution in [2.75, 3.05) is 0 Å². The zero-order valence-corrected chi connectivity index (χ0v) is 6.10. The van der Waals surface area contributed by atoms with Crippen molar-refractivity contribution >= 4 is 17.6 Å². The van der Waals surface area contributed by atoms with Gasteiger partial charge in [-0.1, -0.05) is 24.8 Å². The lowest BCUT2D eigenvalue weighted by atomic mass is 10.6. The minimum absolute atomic E-state index is 0.303. The summed E-state index contributed by atoms with van der Waals surface area (Å²) in [6.07, 6.45) is 3.57. The first-order valence-electron chi connectivity index (χ1n) is 2.51. The van der Waals surface area contributed by atoms with Crippen molar-refractivity contribution in [1.29, 1.82) is 0 Å². The average Bonchev–Trinajstić information content (AvgIpc) is 1.87. The Kier molecular flexibility index (Phi) is 4.33. The van der Waals surface area contributed by atoms with Crippen LogP contribution in [0.2, 0.25) is 0 Å². The largest absolute Gasteiger partial charge is 0.431 e. The molecule has 0 saturated carbocycles. The zero-order chi connectivity index (χ0) is 7.98. The highest BCUT2D eigenvalue weighted by Crippen LogP contribution is 1.97. The molecule has 0 unspecified atom stereocenters. The number of halogens is 1. The van der Waals surface area contributed by atoms with Crippen LogP contribution in [-0.4, -0.2) is 5.97 Å². The summed E-state index contributed by atoms with van der Waals surface area (Å²) in [7, 11) is 0. The molecule has 0 bridgehead atoms. The van der Waals surface area contributed by atoms with Crippen LogP contribution in [0.3, 0.4) is 0 Å². The van der Waals surface area contributed by atoms with Crippen LogP contribution < -0.4 is 0 Å². The fraction of sp³-hybridized carbons (Fsp3) is 0. The van der Waals surface area contributed by atoms with Crippen LogP contribution >= 0.6 is 11.6 Å². The van der Waals surface area contributed by atoms with Gasteiger partial charge in [-0.05, 0) is 6.08 Å². The van der Waals surface area contributed by atoms with Gasteiger partial charge in [0, 0.05) is 11.1 Å². The van der Waals surface area contributed by atoms with E-state index in [9.17, 15) is 4.79 Å². The molecule has 0 aromatic rings. The third-order valence-corrected chi connectivity index (χ3v) is 0.726. The number of carbonyl (C=O) groups excluding carboxylic acids is 1. The van der Waals surface area contributed by atoms with Gasteiger partial charge >= 0.3 is 5.97 Å². The van der Waals surface area contributed by atoms with Gasteiger partial charge < -0.3 is 4.74 Å². The molecule has 0 radical (unpaired) electrons. The summed E-state index contributed by atoms with van der Waals surface area (Å²) in [5, 5.41) is 0.303. The van der Waals surface area contributed by atoms with Crippen LogP contribution in [0, 0.1) is 0 Å². The van der Waals surface area contributed by atoms with Crippen LogP contribution in [0.15, 0.2) is 36.6 Å². The molecule has 0 fully saturated rings. The molecule has 0 spiro atoms. The number of carbonyl (C=O) groups is 1. The van der Waals surface area contributed by atoms with E-state index in [4.69, 9.17) is 11.6 Å². The van der Waals surface area contributed by atoms with E-state index in [2.05, 4.69) is 17.9 Å². The van der Waals surface area contributed by atoms with Crippen molar-refractivity contribution in [2.24, 2.45) is 0 Å². The molecule has 2 nitrogen and oxygen atoms in total. The molecule has 54 valence electrons. The Labute approximate surface area is 64.4 Å². The van der Waals surface area contributed by atoms with Gasteiger partial charge in [-0.3, -0.25) is 0 Å². The summed E-state index contributed by atoms with van der Waals surface area (Å²) in [5.41, 5.74) is 0. The first-order chi connectivity index (χ1) is 4.66. The Balaban J connectivity index is 3.63. The van der Waals surface area contributed by atoms with E-state index in [1.165, 1.54) is 6.08 Å². The first kappa shape index (κ1) is 8.98. The molecule has 0 aliphatic rings. The summed E-state index contributed by atoms with van der Waals surface area (Å²) in [5.74, 6) is -0.519. The van der Waals surface area contributed by atoms with Crippen LogP contribution in [-0.2, 0) is 9.53 Å². The highest BCUT2D eigenvalue weighted by molar-refractivity contribution is 6.30. The maximum atomic E-state index is 10.3. The van der Waals surface area contributed by atoms with Crippen molar-refractivity contribution in [3.63, 3.8) is 0 Å². The summed E-state index contributed by atoms with van der Waals surface area (Å²) < 4.78 is 4.42. The van der Waals surface area contributed by atoms with Crippen molar-refractivity contribution in [1.82, 2.24) is 0 Å². The summed E-state index contributed by atoms with van der Waals surface area (Å²) in [6.45, 7) is 6.53. The number of hydrogen-bond donors (Lipinski definition) is 0. The number of ether oxygens (including phenoxy) is 1. The topological polar surface area (TPSA) is 26.3 Å². The highest BCUT2D eigenvalue weighted by Gasteiger charge is 1.87. The predicted octanol–water partition coefficient (Wildman–Crippen LogP) is 1.98. The Bertz CT molecular complexity index is 182. The van der Waals surface area contributed by atoms with Crippen LogP contribution in [0.5, 0.6) is 0 Å². The lowest BCUT2D eigenvalue weighted by Crippen LogP contribution is -1.91. The third-order valence-electron chi connectivity index (χ3n) is 0.600. The molecular formula is C7H7ClO2. The lowest BCUT2D eigenvalue weighted by molar-refractivity contribution is -0.132. The molecule has 0 aliphatic heterocycles. The fourth-order valence-corrected chi connectivity index (χ4v) is 0.274. The fourth-order valence-electron chi connectivity index (χ4n) is 0.223. The molecule has 3 heteroatoms. The van der Waals surface area contributed by atoms with Crippen molar-refractivity contribution in [3.05, 3.63) is 36.6 Å². The quantitative estimate of drug-likeness (QED) is 0.272. The molecule has 0 saturated heterocycles. The Morgan fingerprint density at radius 3 is 2.60 bits per heavy atom. The van der Waals surface area contributed by atoms with E-state index in [0.29, 0.717) is 5.03 Å². The maximum Gasteiger partial charge on any atom is 0.334 e. The SMILES string of the molecule is C=CC(=O)OC=CC(=C)Cl. The van der Waals surface area contributed by atoms with Crippen molar-refractivity contribution < 1.29 is 9.53 Å². The Hall–Kier alpha value is -1.02. The van der Waals surface area contributed by atoms with E-state index in [-0.39, 0.29) is 0 Å². The number of allylic oxidation sites excluding steroid dienone is 2. The normalized spacial score (nSPS) is 9.30. The third kappa shape index (κ3) is 5.12. The molecule has 0 heterocycles. The second-order valence-electron chi connectivity index (χ2n) is 1.39. The Morgan fingerprint density at radius 1 is 1.60 bits per heavy atom. The van der Waals surface area contributed by atoms with Crippen LogP contribution in [0.4, 0.5) is 0 Å². The molecule has 0 atom stereocenters.